The van der Waals surface area contributed by atoms with Crippen molar-refractivity contribution < 1.29 is 19.0 Å². The molecule has 6 nitrogen and oxygen atoms in total. The van der Waals surface area contributed by atoms with Gasteiger partial charge < -0.3 is 15.2 Å². The molecule has 0 unspecified atom stereocenters. The number of nitrogens with one attached hydrogen (secondary N) is 1. The summed E-state index contributed by atoms with van der Waals surface area (Å²) in [7, 11) is 3.25. The first-order valence-electron chi connectivity index (χ1n) is 6.27. The highest BCUT2D eigenvalue weighted by atomic mass is 19.1. The number of hydrogen-bond acceptors (Lipinski definition) is 4. The summed E-state index contributed by atoms with van der Waals surface area (Å²) in [6.07, 6.45) is 0. The number of aryl methyl sites for hydroxylation is 2. The van der Waals surface area contributed by atoms with Crippen molar-refractivity contribution in [2.24, 2.45) is 7.05 Å². The molecule has 1 amide bonds. The standard InChI is InChI=1S/C14H16FN3O3/c1-8-11(14(21-3)18(2)17-8)7-16-13(20)10-5-4-9(19)6-12(10)15/h4-6,19H,7H2,1-3H3,(H,16,20). The Hall–Kier alpha value is -2.57. The molecule has 2 aromatic rings. The maximum atomic E-state index is 13.6. The van der Waals surface area contributed by atoms with Gasteiger partial charge in [-0.2, -0.15) is 5.10 Å². The average molecular weight is 293 g/mol. The van der Waals surface area contributed by atoms with E-state index in [1.807, 2.05) is 0 Å². The predicted octanol–water partition coefficient (Wildman–Crippen LogP) is 1.51. The second kappa shape index (κ2) is 5.82. The van der Waals surface area contributed by atoms with Gasteiger partial charge in [-0.1, -0.05) is 0 Å². The molecule has 1 aromatic carbocycles. The second-order valence-electron chi connectivity index (χ2n) is 4.54. The average Bonchev–Trinajstić information content (AvgIpc) is 2.69. The number of carbonyl (C=O) groups is 1. The summed E-state index contributed by atoms with van der Waals surface area (Å²) in [5.41, 5.74) is 1.32. The first kappa shape index (κ1) is 14.8. The van der Waals surface area contributed by atoms with Crippen LogP contribution < -0.4 is 10.1 Å². The molecule has 112 valence electrons. The number of ether oxygens (including phenoxy) is 1. The molecule has 0 spiro atoms. The molecule has 0 fully saturated rings. The fourth-order valence-corrected chi connectivity index (χ4v) is 2.09. The third kappa shape index (κ3) is 2.96. The van der Waals surface area contributed by atoms with E-state index in [0.717, 1.165) is 17.3 Å². The Morgan fingerprint density at radius 2 is 2.24 bits per heavy atom. The minimum atomic E-state index is -0.776. The Bertz CT molecular complexity index is 682. The highest BCUT2D eigenvalue weighted by Gasteiger charge is 2.17. The van der Waals surface area contributed by atoms with Gasteiger partial charge in [-0.15, -0.1) is 0 Å². The van der Waals surface area contributed by atoms with Gasteiger partial charge in [0, 0.05) is 13.1 Å². The van der Waals surface area contributed by atoms with E-state index < -0.39 is 11.7 Å². The molecule has 1 heterocycles. The van der Waals surface area contributed by atoms with Crippen LogP contribution in [-0.4, -0.2) is 27.9 Å². The van der Waals surface area contributed by atoms with Gasteiger partial charge in [0.1, 0.15) is 11.6 Å². The van der Waals surface area contributed by atoms with Crippen molar-refractivity contribution in [1.29, 1.82) is 0 Å². The third-order valence-electron chi connectivity index (χ3n) is 3.11. The zero-order chi connectivity index (χ0) is 15.6. The Morgan fingerprint density at radius 3 is 2.86 bits per heavy atom. The molecule has 1 aromatic heterocycles. The van der Waals surface area contributed by atoms with E-state index in [1.54, 1.807) is 18.7 Å². The summed E-state index contributed by atoms with van der Waals surface area (Å²) in [6.45, 7) is 1.97. The number of aromatic nitrogens is 2. The lowest BCUT2D eigenvalue weighted by Crippen LogP contribution is -2.24. The highest BCUT2D eigenvalue weighted by Crippen LogP contribution is 2.21. The number of hydrogen-bond donors (Lipinski definition) is 2. The van der Waals surface area contributed by atoms with E-state index in [-0.39, 0.29) is 17.9 Å². The lowest BCUT2D eigenvalue weighted by atomic mass is 10.2. The SMILES string of the molecule is COc1c(CNC(=O)c2ccc(O)cc2F)c(C)nn1C. The summed E-state index contributed by atoms with van der Waals surface area (Å²) in [5.74, 6) is -1.03. The quantitative estimate of drug-likeness (QED) is 0.896. The third-order valence-corrected chi connectivity index (χ3v) is 3.11. The Kier molecular flexibility index (Phi) is 4.11. The molecular weight excluding hydrogens is 277 g/mol. The van der Waals surface area contributed by atoms with Gasteiger partial charge in [0.25, 0.3) is 5.91 Å². The Morgan fingerprint density at radius 1 is 1.52 bits per heavy atom. The van der Waals surface area contributed by atoms with Crippen molar-refractivity contribution in [3.8, 4) is 11.6 Å². The Balaban J connectivity index is 2.15. The fraction of sp³-hybridized carbons (Fsp3) is 0.286. The topological polar surface area (TPSA) is 76.4 Å². The lowest BCUT2D eigenvalue weighted by molar-refractivity contribution is 0.0946. The van der Waals surface area contributed by atoms with Crippen LogP contribution in [0.1, 0.15) is 21.6 Å². The molecule has 0 aliphatic heterocycles. The summed E-state index contributed by atoms with van der Waals surface area (Å²) in [5, 5.41) is 15.9. The first-order valence-corrected chi connectivity index (χ1v) is 6.27. The van der Waals surface area contributed by atoms with Gasteiger partial charge >= 0.3 is 0 Å². The Labute approximate surface area is 121 Å². The molecule has 2 N–H and O–H groups in total. The van der Waals surface area contributed by atoms with E-state index in [1.165, 1.54) is 19.2 Å². The number of carbonyl (C=O) groups excluding carboxylic acids is 1. The molecule has 0 saturated carbocycles. The number of benzene rings is 1. The van der Waals surface area contributed by atoms with Gasteiger partial charge in [-0.25, -0.2) is 9.07 Å². The molecule has 0 radical (unpaired) electrons. The largest absolute Gasteiger partial charge is 0.508 e. The number of phenolic OH excluding ortho intramolecular Hbond substituents is 1. The van der Waals surface area contributed by atoms with Crippen LogP contribution in [0, 0.1) is 12.7 Å². The molecule has 0 bridgehead atoms. The van der Waals surface area contributed by atoms with Gasteiger partial charge in [0.15, 0.2) is 0 Å². The van der Waals surface area contributed by atoms with Crippen molar-refractivity contribution in [3.63, 3.8) is 0 Å². The predicted molar refractivity (Wildman–Crippen MR) is 73.7 cm³/mol. The van der Waals surface area contributed by atoms with Crippen LogP contribution >= 0.6 is 0 Å². The van der Waals surface area contributed by atoms with Crippen LogP contribution in [0.15, 0.2) is 18.2 Å². The molecule has 21 heavy (non-hydrogen) atoms. The minimum Gasteiger partial charge on any atom is -0.508 e. The molecule has 0 aliphatic rings. The van der Waals surface area contributed by atoms with E-state index in [9.17, 15) is 9.18 Å². The maximum absolute atomic E-state index is 13.6. The van der Waals surface area contributed by atoms with Crippen LogP contribution in [0.4, 0.5) is 4.39 Å². The number of aromatic hydroxyl groups is 1. The van der Waals surface area contributed by atoms with Crippen LogP contribution in [0.2, 0.25) is 0 Å². The number of phenols is 1. The minimum absolute atomic E-state index is 0.131. The highest BCUT2D eigenvalue weighted by molar-refractivity contribution is 5.94. The van der Waals surface area contributed by atoms with Crippen molar-refractivity contribution in [1.82, 2.24) is 15.1 Å². The van der Waals surface area contributed by atoms with Crippen molar-refractivity contribution in [2.75, 3.05) is 7.11 Å². The van der Waals surface area contributed by atoms with Gasteiger partial charge in [0.2, 0.25) is 5.88 Å². The molecule has 2 rings (SSSR count). The van der Waals surface area contributed by atoms with Gasteiger partial charge in [0.05, 0.1) is 30.5 Å². The lowest BCUT2D eigenvalue weighted by Gasteiger charge is -2.08. The van der Waals surface area contributed by atoms with E-state index in [0.29, 0.717) is 5.88 Å². The van der Waals surface area contributed by atoms with E-state index in [2.05, 4.69) is 10.4 Å². The van der Waals surface area contributed by atoms with Crippen LogP contribution in [0.25, 0.3) is 0 Å². The summed E-state index contributed by atoms with van der Waals surface area (Å²) < 4.78 is 20.4. The van der Waals surface area contributed by atoms with Crippen molar-refractivity contribution in [3.05, 3.63) is 40.8 Å². The smallest absolute Gasteiger partial charge is 0.254 e. The number of methoxy groups -OCH3 is 1. The maximum Gasteiger partial charge on any atom is 0.254 e. The van der Waals surface area contributed by atoms with Crippen LogP contribution in [-0.2, 0) is 13.6 Å². The molecule has 0 aliphatic carbocycles. The van der Waals surface area contributed by atoms with Gasteiger partial charge in [-0.05, 0) is 19.1 Å². The summed E-state index contributed by atoms with van der Waals surface area (Å²) >= 11 is 0. The number of halogens is 1. The fourth-order valence-electron chi connectivity index (χ4n) is 2.09. The summed E-state index contributed by atoms with van der Waals surface area (Å²) in [4.78, 5) is 12.0. The molecule has 0 atom stereocenters. The first-order chi connectivity index (χ1) is 9.93. The zero-order valence-corrected chi connectivity index (χ0v) is 12.0. The van der Waals surface area contributed by atoms with Gasteiger partial charge in [-0.3, -0.25) is 4.79 Å². The van der Waals surface area contributed by atoms with Crippen molar-refractivity contribution >= 4 is 5.91 Å². The number of nitrogens with zero attached hydrogens (tertiary/aromatic N) is 2. The van der Waals surface area contributed by atoms with Crippen LogP contribution in [0.3, 0.4) is 0 Å². The molecule has 7 heteroatoms. The normalized spacial score (nSPS) is 10.5. The monoisotopic (exact) mass is 293 g/mol. The number of amides is 1. The zero-order valence-electron chi connectivity index (χ0n) is 12.0. The summed E-state index contributed by atoms with van der Waals surface area (Å²) in [6, 6.07) is 3.38. The van der Waals surface area contributed by atoms with Crippen LogP contribution in [0.5, 0.6) is 11.6 Å². The van der Waals surface area contributed by atoms with E-state index in [4.69, 9.17) is 9.84 Å². The molecular formula is C14H16FN3O3. The van der Waals surface area contributed by atoms with E-state index >= 15 is 0 Å². The van der Waals surface area contributed by atoms with Crippen molar-refractivity contribution in [2.45, 2.75) is 13.5 Å². The number of rotatable bonds is 4. The second-order valence-corrected chi connectivity index (χ2v) is 4.54. The molecule has 0 saturated heterocycles.